The predicted octanol–water partition coefficient (Wildman–Crippen LogP) is 2.02. The highest BCUT2D eigenvalue weighted by Crippen LogP contribution is 2.13. The summed E-state index contributed by atoms with van der Waals surface area (Å²) in [6.45, 7) is 9.62. The minimum Gasteiger partial charge on any atom is -0.390 e. The van der Waals surface area contributed by atoms with Gasteiger partial charge in [0, 0.05) is 6.54 Å². The molecular formula is C12H23N3O. The molecule has 1 aromatic heterocycles. The predicted molar refractivity (Wildman–Crippen MR) is 63.9 cm³/mol. The molecule has 4 heteroatoms. The average Bonchev–Trinajstić information content (AvgIpc) is 2.56. The Morgan fingerprint density at radius 3 is 2.38 bits per heavy atom. The van der Waals surface area contributed by atoms with Gasteiger partial charge in [0.05, 0.1) is 12.3 Å². The molecule has 16 heavy (non-hydrogen) atoms. The van der Waals surface area contributed by atoms with Gasteiger partial charge in [-0.1, -0.05) is 32.9 Å². The van der Waals surface area contributed by atoms with Crippen molar-refractivity contribution < 1.29 is 5.11 Å². The lowest BCUT2D eigenvalue weighted by Gasteiger charge is -2.10. The van der Waals surface area contributed by atoms with Crippen molar-refractivity contribution in [3.8, 4) is 0 Å². The van der Waals surface area contributed by atoms with Gasteiger partial charge in [0.15, 0.2) is 0 Å². The fourth-order valence-corrected chi connectivity index (χ4v) is 1.66. The Balaban J connectivity index is 2.78. The Kier molecular flexibility index (Phi) is 4.93. The van der Waals surface area contributed by atoms with Gasteiger partial charge in [-0.05, 0) is 24.7 Å². The molecule has 0 amide bonds. The Hall–Kier alpha value is -0.900. The first-order valence-corrected chi connectivity index (χ1v) is 6.06. The van der Waals surface area contributed by atoms with Crippen LogP contribution in [0.1, 0.15) is 45.5 Å². The average molecular weight is 225 g/mol. The number of aryl methyl sites for hydroxylation is 1. The van der Waals surface area contributed by atoms with Crippen molar-refractivity contribution in [2.45, 2.75) is 53.7 Å². The van der Waals surface area contributed by atoms with E-state index in [9.17, 15) is 5.11 Å². The molecule has 0 spiro atoms. The van der Waals surface area contributed by atoms with E-state index in [1.807, 2.05) is 4.68 Å². The maximum Gasteiger partial charge on any atom is 0.111 e. The summed E-state index contributed by atoms with van der Waals surface area (Å²) in [4.78, 5) is 0. The van der Waals surface area contributed by atoms with Crippen LogP contribution in [-0.2, 0) is 19.6 Å². The summed E-state index contributed by atoms with van der Waals surface area (Å²) in [5, 5.41) is 17.4. The van der Waals surface area contributed by atoms with E-state index in [2.05, 4.69) is 38.0 Å². The van der Waals surface area contributed by atoms with Crippen LogP contribution in [0.15, 0.2) is 0 Å². The molecular weight excluding hydrogens is 202 g/mol. The molecule has 0 unspecified atom stereocenters. The third-order valence-electron chi connectivity index (χ3n) is 2.59. The molecule has 4 nitrogen and oxygen atoms in total. The zero-order valence-electron chi connectivity index (χ0n) is 10.8. The zero-order chi connectivity index (χ0) is 12.1. The van der Waals surface area contributed by atoms with Crippen LogP contribution in [-0.4, -0.2) is 20.1 Å². The van der Waals surface area contributed by atoms with Gasteiger partial charge < -0.3 is 5.11 Å². The summed E-state index contributed by atoms with van der Waals surface area (Å²) in [6, 6.07) is 0. The van der Waals surface area contributed by atoms with Crippen LogP contribution >= 0.6 is 0 Å². The van der Waals surface area contributed by atoms with E-state index in [1.54, 1.807) is 0 Å². The van der Waals surface area contributed by atoms with Gasteiger partial charge in [-0.2, -0.15) is 0 Å². The van der Waals surface area contributed by atoms with Crippen LogP contribution in [0.4, 0.5) is 0 Å². The maximum atomic E-state index is 9.21. The molecule has 0 saturated heterocycles. The first kappa shape index (κ1) is 13.2. The summed E-state index contributed by atoms with van der Waals surface area (Å²) in [5.74, 6) is 1.22. The Morgan fingerprint density at radius 1 is 1.19 bits per heavy atom. The van der Waals surface area contributed by atoms with Crippen LogP contribution in [0.5, 0.6) is 0 Å². The molecule has 0 aromatic carbocycles. The molecule has 0 saturated carbocycles. The monoisotopic (exact) mass is 225 g/mol. The Bertz CT molecular complexity index is 318. The minimum absolute atomic E-state index is 0.0102. The Labute approximate surface area is 97.7 Å². The van der Waals surface area contributed by atoms with Crippen molar-refractivity contribution in [2.75, 3.05) is 0 Å². The third-order valence-corrected chi connectivity index (χ3v) is 2.59. The number of nitrogens with zero attached hydrogens (tertiary/aromatic N) is 3. The van der Waals surface area contributed by atoms with E-state index in [1.165, 1.54) is 0 Å². The first-order valence-electron chi connectivity index (χ1n) is 6.06. The molecule has 0 fully saturated rings. The molecule has 1 rings (SSSR count). The van der Waals surface area contributed by atoms with E-state index in [0.29, 0.717) is 11.8 Å². The van der Waals surface area contributed by atoms with Crippen LogP contribution in [0.3, 0.4) is 0 Å². The van der Waals surface area contributed by atoms with Crippen molar-refractivity contribution >= 4 is 0 Å². The second kappa shape index (κ2) is 5.99. The number of rotatable bonds is 6. The molecule has 0 atom stereocenters. The lowest BCUT2D eigenvalue weighted by atomic mass is 10.1. The fourth-order valence-electron chi connectivity index (χ4n) is 1.66. The SMILES string of the molecule is CC(C)CCn1nnc(CO)c1CC(C)C. The zero-order valence-corrected chi connectivity index (χ0v) is 10.8. The lowest BCUT2D eigenvalue weighted by Crippen LogP contribution is -2.10. The van der Waals surface area contributed by atoms with Crippen molar-refractivity contribution in [2.24, 2.45) is 11.8 Å². The van der Waals surface area contributed by atoms with Gasteiger partial charge in [-0.3, -0.25) is 0 Å². The maximum absolute atomic E-state index is 9.21. The fraction of sp³-hybridized carbons (Fsp3) is 0.833. The third kappa shape index (κ3) is 3.59. The van der Waals surface area contributed by atoms with E-state index in [4.69, 9.17) is 0 Å². The second-order valence-corrected chi connectivity index (χ2v) is 5.14. The molecule has 0 aliphatic heterocycles. The number of aromatic nitrogens is 3. The Morgan fingerprint density at radius 2 is 1.88 bits per heavy atom. The number of hydrogen-bond donors (Lipinski definition) is 1. The molecule has 0 aliphatic rings. The first-order chi connectivity index (χ1) is 7.54. The van der Waals surface area contributed by atoms with Crippen molar-refractivity contribution in [1.29, 1.82) is 0 Å². The summed E-state index contributed by atoms with van der Waals surface area (Å²) in [5.41, 5.74) is 1.83. The highest BCUT2D eigenvalue weighted by Gasteiger charge is 2.13. The molecule has 1 aromatic rings. The molecule has 0 bridgehead atoms. The van der Waals surface area contributed by atoms with Crippen LogP contribution in [0.25, 0.3) is 0 Å². The van der Waals surface area contributed by atoms with E-state index in [0.717, 1.165) is 30.8 Å². The molecule has 0 aliphatic carbocycles. The largest absolute Gasteiger partial charge is 0.390 e. The van der Waals surface area contributed by atoms with Gasteiger partial charge in [-0.25, -0.2) is 4.68 Å². The topological polar surface area (TPSA) is 50.9 Å². The molecule has 1 N–H and O–H groups in total. The molecule has 0 radical (unpaired) electrons. The van der Waals surface area contributed by atoms with Crippen molar-refractivity contribution in [3.63, 3.8) is 0 Å². The van der Waals surface area contributed by atoms with E-state index < -0.39 is 0 Å². The van der Waals surface area contributed by atoms with E-state index in [-0.39, 0.29) is 6.61 Å². The van der Waals surface area contributed by atoms with Gasteiger partial charge in [-0.15, -0.1) is 5.10 Å². The summed E-state index contributed by atoms with van der Waals surface area (Å²) >= 11 is 0. The molecule has 92 valence electrons. The highest BCUT2D eigenvalue weighted by molar-refractivity contribution is 5.09. The second-order valence-electron chi connectivity index (χ2n) is 5.14. The van der Waals surface area contributed by atoms with Gasteiger partial charge in [0.1, 0.15) is 5.69 Å². The van der Waals surface area contributed by atoms with Crippen LogP contribution in [0, 0.1) is 11.8 Å². The van der Waals surface area contributed by atoms with Gasteiger partial charge >= 0.3 is 0 Å². The molecule has 1 heterocycles. The highest BCUT2D eigenvalue weighted by atomic mass is 16.3. The number of aliphatic hydroxyl groups excluding tert-OH is 1. The lowest BCUT2D eigenvalue weighted by molar-refractivity contribution is 0.275. The van der Waals surface area contributed by atoms with Crippen molar-refractivity contribution in [3.05, 3.63) is 11.4 Å². The van der Waals surface area contributed by atoms with Crippen molar-refractivity contribution in [1.82, 2.24) is 15.0 Å². The van der Waals surface area contributed by atoms with Gasteiger partial charge in [0.25, 0.3) is 0 Å². The number of hydrogen-bond acceptors (Lipinski definition) is 3. The van der Waals surface area contributed by atoms with Gasteiger partial charge in [0.2, 0.25) is 0 Å². The standard InChI is InChI=1S/C12H23N3O/c1-9(2)5-6-15-12(7-10(3)4)11(8-16)13-14-15/h9-10,16H,5-8H2,1-4H3. The summed E-state index contributed by atoms with van der Waals surface area (Å²) in [6.07, 6.45) is 2.03. The van der Waals surface area contributed by atoms with E-state index >= 15 is 0 Å². The summed E-state index contributed by atoms with van der Waals surface area (Å²) in [7, 11) is 0. The normalized spacial score (nSPS) is 11.7. The smallest absolute Gasteiger partial charge is 0.111 e. The number of aliphatic hydroxyl groups is 1. The van der Waals surface area contributed by atoms with Crippen LogP contribution in [0.2, 0.25) is 0 Å². The summed E-state index contributed by atoms with van der Waals surface area (Å²) < 4.78 is 1.95. The minimum atomic E-state index is -0.0102. The quantitative estimate of drug-likeness (QED) is 0.805. The van der Waals surface area contributed by atoms with Crippen LogP contribution < -0.4 is 0 Å².